The van der Waals surface area contributed by atoms with E-state index in [-0.39, 0.29) is 16.9 Å². The zero-order valence-corrected chi connectivity index (χ0v) is 20.7. The van der Waals surface area contributed by atoms with E-state index < -0.39 is 5.82 Å². The molecular weight excluding hydrogens is 473 g/mol. The van der Waals surface area contributed by atoms with Crippen molar-refractivity contribution in [2.45, 2.75) is 0 Å². The third kappa shape index (κ3) is 6.65. The van der Waals surface area contributed by atoms with Gasteiger partial charge in [0, 0.05) is 31.8 Å². The summed E-state index contributed by atoms with van der Waals surface area (Å²) >= 11 is 5.90. The van der Waals surface area contributed by atoms with Crippen LogP contribution in [0.1, 0.15) is 0 Å². The summed E-state index contributed by atoms with van der Waals surface area (Å²) in [5, 5.41) is 5.92. The molecule has 0 saturated heterocycles. The number of benzene rings is 2. The Kier molecular flexibility index (Phi) is 8.56. The van der Waals surface area contributed by atoms with Crippen LogP contribution in [-0.2, 0) is 4.79 Å². The van der Waals surface area contributed by atoms with E-state index in [0.717, 1.165) is 18.8 Å². The molecule has 11 heteroatoms. The van der Waals surface area contributed by atoms with Gasteiger partial charge in [0.1, 0.15) is 17.9 Å². The molecule has 0 fully saturated rings. The number of hydrogen-bond donors (Lipinski definition) is 2. The summed E-state index contributed by atoms with van der Waals surface area (Å²) in [4.78, 5) is 28.9. The van der Waals surface area contributed by atoms with Crippen molar-refractivity contribution in [1.29, 1.82) is 0 Å². The number of likely N-dealkylation sites (N-methyl/N-ethyl adjacent to an activating group) is 2. The zero-order chi connectivity index (χ0) is 25.5. The number of ether oxygens (including phenoxy) is 1. The molecule has 184 valence electrons. The molecule has 0 spiro atoms. The van der Waals surface area contributed by atoms with Gasteiger partial charge in [0.05, 0.1) is 29.2 Å². The normalized spacial score (nSPS) is 10.7. The predicted molar refractivity (Wildman–Crippen MR) is 137 cm³/mol. The van der Waals surface area contributed by atoms with Crippen LogP contribution in [0.4, 0.5) is 27.4 Å². The fraction of sp³-hybridized carbons (Fsp3) is 0.250. The molecule has 0 aliphatic heterocycles. The maximum Gasteiger partial charge on any atom is 0.247 e. The first kappa shape index (κ1) is 25.9. The number of rotatable bonds is 10. The first-order valence-corrected chi connectivity index (χ1v) is 11.0. The Balaban J connectivity index is 1.98. The van der Waals surface area contributed by atoms with Crippen LogP contribution >= 0.6 is 11.6 Å². The minimum Gasteiger partial charge on any atom is -0.494 e. The molecule has 0 unspecified atom stereocenters. The fourth-order valence-electron chi connectivity index (χ4n) is 3.16. The highest BCUT2D eigenvalue weighted by Crippen LogP contribution is 2.38. The maximum atomic E-state index is 13.5. The van der Waals surface area contributed by atoms with Crippen molar-refractivity contribution >= 4 is 40.5 Å². The molecule has 0 atom stereocenters. The topological polar surface area (TPSA) is 95.5 Å². The van der Waals surface area contributed by atoms with Crippen LogP contribution in [0.5, 0.6) is 5.75 Å². The van der Waals surface area contributed by atoms with Crippen LogP contribution in [0.25, 0.3) is 11.4 Å². The molecule has 3 aromatic rings. The summed E-state index contributed by atoms with van der Waals surface area (Å²) in [5.74, 6) is 0.170. The molecule has 0 saturated carbocycles. The number of hydrogen-bond acceptors (Lipinski definition) is 8. The van der Waals surface area contributed by atoms with Gasteiger partial charge in [0.25, 0.3) is 0 Å². The quantitative estimate of drug-likeness (QED) is 0.401. The zero-order valence-electron chi connectivity index (χ0n) is 20.0. The van der Waals surface area contributed by atoms with Gasteiger partial charge in [-0.2, -0.15) is 4.98 Å². The van der Waals surface area contributed by atoms with Gasteiger partial charge in [-0.15, -0.1) is 0 Å². The van der Waals surface area contributed by atoms with E-state index in [1.54, 1.807) is 13.2 Å². The van der Waals surface area contributed by atoms with E-state index in [4.69, 9.17) is 16.3 Å². The lowest BCUT2D eigenvalue weighted by Gasteiger charge is -2.25. The van der Waals surface area contributed by atoms with Crippen molar-refractivity contribution in [1.82, 2.24) is 19.9 Å². The van der Waals surface area contributed by atoms with Crippen LogP contribution in [0, 0.1) is 5.82 Å². The van der Waals surface area contributed by atoms with E-state index in [9.17, 15) is 9.18 Å². The fourth-order valence-corrected chi connectivity index (χ4v) is 3.34. The average Bonchev–Trinajstić information content (AvgIpc) is 2.84. The summed E-state index contributed by atoms with van der Waals surface area (Å²) in [6.07, 6.45) is 2.53. The summed E-state index contributed by atoms with van der Waals surface area (Å²) in [6, 6.07) is 7.77. The number of carbonyl (C=O) groups excluding carboxylic acids is 1. The van der Waals surface area contributed by atoms with Crippen molar-refractivity contribution < 1.29 is 13.9 Å². The number of anilines is 4. The van der Waals surface area contributed by atoms with Crippen molar-refractivity contribution in [3.05, 3.63) is 60.2 Å². The van der Waals surface area contributed by atoms with Crippen molar-refractivity contribution in [2.24, 2.45) is 0 Å². The molecule has 0 radical (unpaired) electrons. The van der Waals surface area contributed by atoms with Crippen molar-refractivity contribution in [3.8, 4) is 17.1 Å². The summed E-state index contributed by atoms with van der Waals surface area (Å²) in [6.45, 7) is 5.07. The van der Waals surface area contributed by atoms with E-state index in [2.05, 4.69) is 37.1 Å². The minimum atomic E-state index is -0.530. The molecule has 2 aromatic carbocycles. The van der Waals surface area contributed by atoms with Gasteiger partial charge in [-0.25, -0.2) is 14.4 Å². The highest BCUT2D eigenvalue weighted by molar-refractivity contribution is 6.31. The van der Waals surface area contributed by atoms with Crippen molar-refractivity contribution in [2.75, 3.05) is 56.9 Å². The van der Waals surface area contributed by atoms with Crippen LogP contribution in [-0.4, -0.2) is 67.1 Å². The molecule has 1 heterocycles. The number of aromatic nitrogens is 3. The first-order valence-electron chi connectivity index (χ1n) is 10.6. The van der Waals surface area contributed by atoms with Gasteiger partial charge in [0.15, 0.2) is 5.82 Å². The average molecular weight is 500 g/mol. The number of carbonyl (C=O) groups is 1. The number of nitrogens with one attached hydrogen (secondary N) is 2. The minimum absolute atomic E-state index is 0.0318. The van der Waals surface area contributed by atoms with Gasteiger partial charge in [-0.3, -0.25) is 4.79 Å². The molecule has 1 aromatic heterocycles. The Hall–Kier alpha value is -3.76. The Morgan fingerprint density at radius 2 is 1.94 bits per heavy atom. The molecule has 1 amide bonds. The van der Waals surface area contributed by atoms with Crippen LogP contribution in [0.2, 0.25) is 5.02 Å². The standard InChI is InChI=1S/C24H27ClFN7O2/c1-6-22(34)29-18-12-19(21(35-5)13-20(18)33(4)10-9-32(2)3)30-24-28-14-27-23(31-24)15-7-8-17(26)16(25)11-15/h6-8,11-14H,1,9-10H2,2-5H3,(H,29,34)(H,27,28,30,31). The maximum absolute atomic E-state index is 13.5. The predicted octanol–water partition coefficient (Wildman–Crippen LogP) is 4.21. The summed E-state index contributed by atoms with van der Waals surface area (Å²) in [7, 11) is 7.46. The van der Waals surface area contributed by atoms with Gasteiger partial charge in [-0.1, -0.05) is 18.2 Å². The monoisotopic (exact) mass is 499 g/mol. The summed E-state index contributed by atoms with van der Waals surface area (Å²) in [5.41, 5.74) is 2.37. The lowest BCUT2D eigenvalue weighted by atomic mass is 10.2. The number of halogens is 2. The second kappa shape index (κ2) is 11.6. The van der Waals surface area contributed by atoms with Crippen LogP contribution in [0.15, 0.2) is 49.3 Å². The second-order valence-corrected chi connectivity index (χ2v) is 8.28. The number of amides is 1. The van der Waals surface area contributed by atoms with Gasteiger partial charge in [0.2, 0.25) is 11.9 Å². The lowest BCUT2D eigenvalue weighted by molar-refractivity contribution is -0.111. The molecule has 35 heavy (non-hydrogen) atoms. The highest BCUT2D eigenvalue weighted by atomic mass is 35.5. The Labute approximate surface area is 208 Å². The SMILES string of the molecule is C=CC(=O)Nc1cc(Nc2ncnc(-c3ccc(F)c(Cl)c3)n2)c(OC)cc1N(C)CCN(C)C. The largest absolute Gasteiger partial charge is 0.494 e. The third-order valence-electron chi connectivity index (χ3n) is 5.05. The van der Waals surface area contributed by atoms with E-state index in [1.807, 2.05) is 32.1 Å². The van der Waals surface area contributed by atoms with Gasteiger partial charge >= 0.3 is 0 Å². The molecule has 0 aliphatic carbocycles. The van der Waals surface area contributed by atoms with Crippen LogP contribution < -0.4 is 20.3 Å². The number of methoxy groups -OCH3 is 1. The Morgan fingerprint density at radius 1 is 1.17 bits per heavy atom. The van der Waals surface area contributed by atoms with Gasteiger partial charge in [-0.05, 0) is 44.4 Å². The second-order valence-electron chi connectivity index (χ2n) is 7.87. The highest BCUT2D eigenvalue weighted by Gasteiger charge is 2.17. The summed E-state index contributed by atoms with van der Waals surface area (Å²) < 4.78 is 19.1. The molecular formula is C24H27ClFN7O2. The van der Waals surface area contributed by atoms with Gasteiger partial charge < -0.3 is 25.2 Å². The van der Waals surface area contributed by atoms with E-state index in [1.165, 1.54) is 30.6 Å². The Bertz CT molecular complexity index is 1220. The molecule has 9 nitrogen and oxygen atoms in total. The smallest absolute Gasteiger partial charge is 0.247 e. The molecule has 0 aliphatic rings. The van der Waals surface area contributed by atoms with E-state index in [0.29, 0.717) is 28.5 Å². The number of nitrogens with zero attached hydrogens (tertiary/aromatic N) is 5. The van der Waals surface area contributed by atoms with E-state index >= 15 is 0 Å². The molecule has 0 bridgehead atoms. The van der Waals surface area contributed by atoms with Crippen molar-refractivity contribution in [3.63, 3.8) is 0 Å². The van der Waals surface area contributed by atoms with Crippen LogP contribution in [0.3, 0.4) is 0 Å². The molecule has 2 N–H and O–H groups in total. The molecule has 3 rings (SSSR count). The lowest BCUT2D eigenvalue weighted by Crippen LogP contribution is -2.29. The Morgan fingerprint density at radius 3 is 2.60 bits per heavy atom. The third-order valence-corrected chi connectivity index (χ3v) is 5.34. The first-order chi connectivity index (χ1) is 16.7.